The Kier molecular flexibility index (Phi) is 6.79. The monoisotopic (exact) mass is 465 g/mol. The van der Waals surface area contributed by atoms with E-state index in [9.17, 15) is 14.0 Å². The number of ketones is 1. The highest BCUT2D eigenvalue weighted by Gasteiger charge is 2.49. The molecule has 4 heterocycles. The van der Waals surface area contributed by atoms with Crippen LogP contribution < -0.4 is 0 Å². The molecule has 2 atom stereocenters. The third kappa shape index (κ3) is 4.93. The van der Waals surface area contributed by atoms with Crippen LogP contribution in [-0.2, 0) is 9.53 Å². The average molecular weight is 466 g/mol. The van der Waals surface area contributed by atoms with Crippen molar-refractivity contribution >= 4 is 11.8 Å². The van der Waals surface area contributed by atoms with Crippen LogP contribution in [0.15, 0.2) is 54.6 Å². The molecule has 0 amide bonds. The Morgan fingerprint density at radius 3 is 2.32 bits per heavy atom. The van der Waals surface area contributed by atoms with Crippen LogP contribution in [0.1, 0.15) is 54.1 Å². The van der Waals surface area contributed by atoms with E-state index in [0.717, 1.165) is 57.4 Å². The Morgan fingerprint density at radius 2 is 1.65 bits per heavy atom. The van der Waals surface area contributed by atoms with Gasteiger partial charge in [-0.25, -0.2) is 9.18 Å². The zero-order valence-corrected chi connectivity index (χ0v) is 19.7. The molecule has 2 aromatic rings. The summed E-state index contributed by atoms with van der Waals surface area (Å²) in [4.78, 5) is 28.8. The molecule has 0 spiro atoms. The first-order valence-corrected chi connectivity index (χ1v) is 12.7. The average Bonchev–Trinajstić information content (AvgIpc) is 2.86. The minimum atomic E-state index is -0.369. The molecule has 4 fully saturated rings. The van der Waals surface area contributed by atoms with Gasteiger partial charge >= 0.3 is 5.97 Å². The van der Waals surface area contributed by atoms with Crippen LogP contribution in [0.3, 0.4) is 0 Å². The number of carbonyl (C=O) groups is 2. The van der Waals surface area contributed by atoms with E-state index in [1.165, 1.54) is 18.6 Å². The first kappa shape index (κ1) is 23.2. The summed E-state index contributed by atoms with van der Waals surface area (Å²) >= 11 is 0. The van der Waals surface area contributed by atoms with E-state index < -0.39 is 0 Å². The van der Waals surface area contributed by atoms with Gasteiger partial charge < -0.3 is 9.22 Å². The quantitative estimate of drug-likeness (QED) is 0.346. The summed E-state index contributed by atoms with van der Waals surface area (Å²) in [6, 6.07) is 15.4. The van der Waals surface area contributed by atoms with E-state index in [0.29, 0.717) is 29.1 Å². The van der Waals surface area contributed by atoms with Crippen molar-refractivity contribution < 1.29 is 23.2 Å². The highest BCUT2D eigenvalue weighted by atomic mass is 19.1. The van der Waals surface area contributed by atoms with Crippen LogP contribution in [0.5, 0.6) is 0 Å². The molecule has 4 saturated heterocycles. The lowest BCUT2D eigenvalue weighted by molar-refractivity contribution is -0.938. The third-order valence-electron chi connectivity index (χ3n) is 8.05. The molecule has 180 valence electrons. The predicted octanol–water partition coefficient (Wildman–Crippen LogP) is 4.39. The van der Waals surface area contributed by atoms with Gasteiger partial charge in [-0.2, -0.15) is 0 Å². The Balaban J connectivity index is 1.30. The molecule has 4 aliphatic rings. The molecule has 0 N–H and O–H groups in total. The molecule has 0 radical (unpaired) electrons. The second kappa shape index (κ2) is 9.96. The maximum atomic E-state index is 13.6. The number of piperidine rings is 4. The van der Waals surface area contributed by atoms with Gasteiger partial charge in [0.2, 0.25) is 5.78 Å². The molecule has 0 aliphatic carbocycles. The lowest BCUT2D eigenvalue weighted by Gasteiger charge is -2.51. The zero-order valence-electron chi connectivity index (χ0n) is 19.7. The molecule has 2 aromatic carbocycles. The van der Waals surface area contributed by atoms with Crippen LogP contribution in [0.4, 0.5) is 4.39 Å². The number of carbonyl (C=O) groups excluding carboxylic acids is 2. The van der Waals surface area contributed by atoms with Crippen molar-refractivity contribution in [3.8, 4) is 0 Å². The van der Waals surface area contributed by atoms with E-state index >= 15 is 0 Å². The Hall–Kier alpha value is -2.57. The first-order valence-electron chi connectivity index (χ1n) is 12.7. The van der Waals surface area contributed by atoms with Crippen LogP contribution in [-0.4, -0.2) is 66.5 Å². The van der Waals surface area contributed by atoms with E-state index in [-0.39, 0.29) is 29.7 Å². The molecule has 34 heavy (non-hydrogen) atoms. The number of quaternary nitrogens is 1. The lowest BCUT2D eigenvalue weighted by atomic mass is 9.82. The van der Waals surface area contributed by atoms with E-state index in [4.69, 9.17) is 4.74 Å². The fourth-order valence-corrected chi connectivity index (χ4v) is 6.13. The van der Waals surface area contributed by atoms with E-state index in [1.54, 1.807) is 12.1 Å². The van der Waals surface area contributed by atoms with Gasteiger partial charge in [-0.3, -0.25) is 9.69 Å². The van der Waals surface area contributed by atoms with Crippen molar-refractivity contribution in [2.24, 2.45) is 5.92 Å². The number of benzene rings is 2. The summed E-state index contributed by atoms with van der Waals surface area (Å²) in [6.07, 6.45) is 5.19. The third-order valence-corrected chi connectivity index (χ3v) is 8.05. The maximum absolute atomic E-state index is 13.6. The second-order valence-electron chi connectivity index (χ2n) is 10.3. The number of halogens is 1. The lowest BCUT2D eigenvalue weighted by Crippen LogP contribution is -2.66. The molecule has 0 unspecified atom stereocenters. The van der Waals surface area contributed by atoms with Gasteiger partial charge in [0.15, 0.2) is 6.10 Å². The molecule has 4 aliphatic heterocycles. The molecule has 5 nitrogen and oxygen atoms in total. The number of Topliss-reactive ketones (excluding diaryl/α,β-unsaturated/α-hetero) is 1. The van der Waals surface area contributed by atoms with Gasteiger partial charge in [-0.05, 0) is 55.8 Å². The number of ether oxygens (including phenoxy) is 1. The van der Waals surface area contributed by atoms with Crippen molar-refractivity contribution in [3.63, 3.8) is 0 Å². The zero-order chi connectivity index (χ0) is 23.5. The largest absolute Gasteiger partial charge is 0.455 e. The Bertz CT molecular complexity index is 996. The topological polar surface area (TPSA) is 46.6 Å². The summed E-state index contributed by atoms with van der Waals surface area (Å²) in [5, 5.41) is 0. The fraction of sp³-hybridized carbons (Fsp3) is 0.500. The van der Waals surface area contributed by atoms with Crippen LogP contribution in [0, 0.1) is 11.7 Å². The Labute approximate surface area is 201 Å². The standard InChI is InChI=1S/C28H34FN2O3/c29-24-11-9-21(10-12-24)25(32)19-31-17-13-22(14-18-31)26(20-31)34-28(33)27(23-7-3-1-4-8-23)30-15-5-2-6-16-30/h1,3-4,7-12,22,26-27H,2,5-6,13-20H2/q+1/t22?,26-,27-,31?/m0/s1. The van der Waals surface area contributed by atoms with Gasteiger partial charge in [0.1, 0.15) is 24.9 Å². The number of hydrogen-bond acceptors (Lipinski definition) is 4. The summed E-state index contributed by atoms with van der Waals surface area (Å²) in [5.41, 5.74) is 1.54. The normalized spacial score (nSPS) is 27.8. The molecule has 0 saturated carbocycles. The van der Waals surface area contributed by atoms with Gasteiger partial charge in [-0.1, -0.05) is 36.8 Å². The van der Waals surface area contributed by atoms with Crippen molar-refractivity contribution in [3.05, 3.63) is 71.5 Å². The van der Waals surface area contributed by atoms with Gasteiger partial charge in [0, 0.05) is 24.3 Å². The minimum Gasteiger partial charge on any atom is -0.455 e. The summed E-state index contributed by atoms with van der Waals surface area (Å²) in [7, 11) is 0. The number of rotatable bonds is 7. The van der Waals surface area contributed by atoms with Crippen LogP contribution in [0.25, 0.3) is 0 Å². The fourth-order valence-electron chi connectivity index (χ4n) is 6.13. The minimum absolute atomic E-state index is 0.0286. The summed E-state index contributed by atoms with van der Waals surface area (Å²) < 4.78 is 20.2. The number of nitrogens with zero attached hydrogens (tertiary/aromatic N) is 2. The smallest absolute Gasteiger partial charge is 0.328 e. The van der Waals surface area contributed by atoms with Crippen molar-refractivity contribution in [2.75, 3.05) is 39.3 Å². The van der Waals surface area contributed by atoms with E-state index in [2.05, 4.69) is 4.90 Å². The predicted molar refractivity (Wildman–Crippen MR) is 128 cm³/mol. The number of fused-ring (bicyclic) bond motifs is 3. The van der Waals surface area contributed by atoms with Gasteiger partial charge in [0.05, 0.1) is 13.1 Å². The van der Waals surface area contributed by atoms with Crippen molar-refractivity contribution in [2.45, 2.75) is 44.2 Å². The van der Waals surface area contributed by atoms with Crippen molar-refractivity contribution in [1.82, 2.24) is 4.90 Å². The van der Waals surface area contributed by atoms with Crippen molar-refractivity contribution in [1.29, 1.82) is 0 Å². The molecular weight excluding hydrogens is 431 g/mol. The molecule has 6 rings (SSSR count). The SMILES string of the molecule is O=C(C[N+]12CCC(CC1)[C@@H](OC(=O)[C@H](c1ccccc1)N1CCCCC1)C2)c1ccc(F)cc1. The first-order chi connectivity index (χ1) is 16.5. The van der Waals surface area contributed by atoms with Gasteiger partial charge in [0.25, 0.3) is 0 Å². The molecule has 2 bridgehead atoms. The Morgan fingerprint density at radius 1 is 0.971 bits per heavy atom. The highest BCUT2D eigenvalue weighted by Crippen LogP contribution is 2.37. The summed E-state index contributed by atoms with van der Waals surface area (Å²) in [6.45, 7) is 4.75. The van der Waals surface area contributed by atoms with Gasteiger partial charge in [-0.15, -0.1) is 0 Å². The number of esters is 1. The molecular formula is C28H34FN2O3+. The molecule has 0 aromatic heterocycles. The van der Waals surface area contributed by atoms with Crippen LogP contribution in [0.2, 0.25) is 0 Å². The summed E-state index contributed by atoms with van der Waals surface area (Å²) in [5.74, 6) is -0.102. The van der Waals surface area contributed by atoms with E-state index in [1.807, 2.05) is 30.3 Å². The maximum Gasteiger partial charge on any atom is 0.328 e. The molecule has 6 heteroatoms. The van der Waals surface area contributed by atoms with Crippen LogP contribution >= 0.6 is 0 Å². The number of likely N-dealkylation sites (tertiary alicyclic amines) is 1. The second-order valence-corrected chi connectivity index (χ2v) is 10.3. The highest BCUT2D eigenvalue weighted by molar-refractivity contribution is 5.97. The number of hydrogen-bond donors (Lipinski definition) is 0.